The van der Waals surface area contributed by atoms with Gasteiger partial charge in [-0.15, -0.1) is 0 Å². The van der Waals surface area contributed by atoms with Crippen molar-refractivity contribution in [3.63, 3.8) is 0 Å². The second-order valence-electron chi connectivity index (χ2n) is 7.37. The molecule has 0 unspecified atom stereocenters. The van der Waals surface area contributed by atoms with Gasteiger partial charge in [-0.05, 0) is 78.5 Å². The highest BCUT2D eigenvalue weighted by atomic mass is 28.4. The van der Waals surface area contributed by atoms with Gasteiger partial charge in [0.2, 0.25) is 0 Å². The van der Waals surface area contributed by atoms with Gasteiger partial charge in [0.25, 0.3) is 0 Å². The quantitative estimate of drug-likeness (QED) is 0.346. The lowest BCUT2D eigenvalue weighted by Gasteiger charge is -2.34. The molecule has 0 aromatic heterocycles. The topological polar surface area (TPSA) is 27.7 Å². The van der Waals surface area contributed by atoms with Crippen LogP contribution in [-0.4, -0.2) is 27.1 Å². The zero-order valence-electron chi connectivity index (χ0n) is 16.7. The third-order valence-corrected chi connectivity index (χ3v) is 7.06. The summed E-state index contributed by atoms with van der Waals surface area (Å²) in [6.07, 6.45) is 4.39. The molecule has 0 spiro atoms. The van der Waals surface area contributed by atoms with Crippen LogP contribution in [0, 0.1) is 5.82 Å². The van der Waals surface area contributed by atoms with Gasteiger partial charge in [0.05, 0.1) is 0 Å². The predicted molar refractivity (Wildman–Crippen MR) is 103 cm³/mol. The molecule has 144 valence electrons. The molecule has 0 aliphatic heterocycles. The molecule has 1 aromatic rings. The van der Waals surface area contributed by atoms with Crippen LogP contribution >= 0.6 is 0 Å². The van der Waals surface area contributed by atoms with Crippen molar-refractivity contribution in [1.29, 1.82) is 0 Å². The largest absolute Gasteiger partial charge is 0.501 e. The van der Waals surface area contributed by atoms with E-state index in [9.17, 15) is 4.39 Å². The van der Waals surface area contributed by atoms with Crippen molar-refractivity contribution in [1.82, 2.24) is 0 Å². The summed E-state index contributed by atoms with van der Waals surface area (Å²) in [4.78, 5) is 0. The maximum atomic E-state index is 12.9. The lowest BCUT2D eigenvalue weighted by Crippen LogP contribution is -2.50. The highest BCUT2D eigenvalue weighted by Crippen LogP contribution is 2.25. The normalized spacial score (nSPS) is 12.6. The van der Waals surface area contributed by atoms with Gasteiger partial charge in [-0.25, -0.2) is 4.39 Å². The van der Waals surface area contributed by atoms with Crippen LogP contribution in [0.25, 0.3) is 0 Å². The minimum atomic E-state index is -2.67. The average molecular weight is 371 g/mol. The number of aryl methyl sites for hydroxylation is 1. The third kappa shape index (κ3) is 9.49. The summed E-state index contributed by atoms with van der Waals surface area (Å²) in [6, 6.07) is 7.61. The first-order valence-corrected chi connectivity index (χ1v) is 11.4. The van der Waals surface area contributed by atoms with Gasteiger partial charge < -0.3 is 13.3 Å². The number of rotatable bonds is 12. The van der Waals surface area contributed by atoms with E-state index in [1.807, 2.05) is 53.7 Å². The van der Waals surface area contributed by atoms with E-state index in [1.54, 1.807) is 0 Å². The molecular weight excluding hydrogens is 335 g/mol. The molecule has 0 N–H and O–H groups in total. The number of benzene rings is 1. The van der Waals surface area contributed by atoms with Gasteiger partial charge in [-0.1, -0.05) is 18.6 Å². The van der Waals surface area contributed by atoms with E-state index in [2.05, 4.69) is 0 Å². The maximum Gasteiger partial charge on any atom is 0.501 e. The van der Waals surface area contributed by atoms with Crippen LogP contribution in [0.4, 0.5) is 4.39 Å². The van der Waals surface area contributed by atoms with Gasteiger partial charge in [-0.3, -0.25) is 0 Å². The van der Waals surface area contributed by atoms with E-state index >= 15 is 0 Å². The van der Waals surface area contributed by atoms with Crippen LogP contribution < -0.4 is 0 Å². The fraction of sp³-hybridized carbons (Fsp3) is 0.700. The van der Waals surface area contributed by atoms with E-state index in [-0.39, 0.29) is 24.1 Å². The van der Waals surface area contributed by atoms with Crippen LogP contribution in [-0.2, 0) is 19.7 Å². The van der Waals surface area contributed by atoms with Crippen molar-refractivity contribution in [3.8, 4) is 0 Å². The minimum Gasteiger partial charge on any atom is -0.371 e. The molecular formula is C20H35FO3Si. The first-order valence-electron chi connectivity index (χ1n) is 9.50. The minimum absolute atomic E-state index is 0.0865. The van der Waals surface area contributed by atoms with Crippen molar-refractivity contribution >= 4 is 8.80 Å². The average Bonchev–Trinajstić information content (AvgIpc) is 2.46. The Bertz CT molecular complexity index is 448. The lowest BCUT2D eigenvalue weighted by atomic mass is 10.1. The molecule has 1 rings (SSSR count). The Balaban J connectivity index is 2.53. The summed E-state index contributed by atoms with van der Waals surface area (Å²) in [7, 11) is -2.67. The summed E-state index contributed by atoms with van der Waals surface area (Å²) in [6.45, 7) is 12.2. The summed E-state index contributed by atoms with van der Waals surface area (Å²) in [5.41, 5.74) is 1.18. The third-order valence-electron chi connectivity index (χ3n) is 3.61. The van der Waals surface area contributed by atoms with Gasteiger partial charge in [0.1, 0.15) is 5.82 Å². The molecule has 3 nitrogen and oxygen atoms in total. The lowest BCUT2D eigenvalue weighted by molar-refractivity contribution is 0.00279. The molecule has 0 fully saturated rings. The number of halogens is 1. The van der Waals surface area contributed by atoms with Crippen LogP contribution in [0.3, 0.4) is 0 Å². The molecule has 0 radical (unpaired) electrons. The summed E-state index contributed by atoms with van der Waals surface area (Å²) in [5.74, 6) is -0.179. The molecule has 25 heavy (non-hydrogen) atoms. The molecule has 0 aliphatic carbocycles. The smallest absolute Gasteiger partial charge is 0.371 e. The van der Waals surface area contributed by atoms with Crippen LogP contribution in [0.1, 0.15) is 66.4 Å². The monoisotopic (exact) mass is 370 g/mol. The molecule has 0 heterocycles. The number of hydrogen-bond donors (Lipinski definition) is 0. The fourth-order valence-corrected chi connectivity index (χ4v) is 6.19. The van der Waals surface area contributed by atoms with Crippen LogP contribution in [0.5, 0.6) is 0 Å². The number of unbranched alkanes of at least 4 members (excludes halogenated alkanes) is 2. The molecule has 0 saturated carbocycles. The van der Waals surface area contributed by atoms with Crippen molar-refractivity contribution in [3.05, 3.63) is 35.6 Å². The van der Waals surface area contributed by atoms with Crippen LogP contribution in [0.15, 0.2) is 24.3 Å². The first-order chi connectivity index (χ1) is 11.7. The van der Waals surface area contributed by atoms with Crippen LogP contribution in [0.2, 0.25) is 6.04 Å². The van der Waals surface area contributed by atoms with Gasteiger partial charge >= 0.3 is 8.80 Å². The summed E-state index contributed by atoms with van der Waals surface area (Å²) < 4.78 is 31.5. The van der Waals surface area contributed by atoms with E-state index in [0.29, 0.717) is 0 Å². The Morgan fingerprint density at radius 2 is 1.24 bits per heavy atom. The van der Waals surface area contributed by atoms with E-state index in [1.165, 1.54) is 17.7 Å². The summed E-state index contributed by atoms with van der Waals surface area (Å²) >= 11 is 0. The molecule has 0 amide bonds. The number of hydrogen-bond acceptors (Lipinski definition) is 3. The molecule has 0 saturated heterocycles. The van der Waals surface area contributed by atoms with Crippen molar-refractivity contribution < 1.29 is 17.7 Å². The Hall–Kier alpha value is -0.753. The Morgan fingerprint density at radius 1 is 0.760 bits per heavy atom. The highest BCUT2D eigenvalue weighted by Gasteiger charge is 2.43. The fourth-order valence-electron chi connectivity index (χ4n) is 2.84. The molecule has 0 aliphatic rings. The van der Waals surface area contributed by atoms with Crippen molar-refractivity contribution in [2.75, 3.05) is 0 Å². The highest BCUT2D eigenvalue weighted by molar-refractivity contribution is 6.60. The van der Waals surface area contributed by atoms with Crippen molar-refractivity contribution in [2.24, 2.45) is 0 Å². The Morgan fingerprint density at radius 3 is 1.68 bits per heavy atom. The standard InChI is InChI=1S/C20H35FO3Si/c1-16(2)22-25(23-17(3)4,24-18(5)6)15-9-7-8-10-19-11-13-20(21)14-12-19/h11-14,16-18H,7-10,15H2,1-6H3. The first kappa shape index (κ1) is 22.3. The second kappa shape index (κ2) is 11.1. The Kier molecular flexibility index (Phi) is 9.86. The Labute approximate surface area is 154 Å². The zero-order chi connectivity index (χ0) is 18.9. The van der Waals surface area contributed by atoms with E-state index in [0.717, 1.165) is 31.7 Å². The molecule has 1 aromatic carbocycles. The zero-order valence-corrected chi connectivity index (χ0v) is 17.7. The van der Waals surface area contributed by atoms with E-state index in [4.69, 9.17) is 13.3 Å². The molecule has 0 bridgehead atoms. The van der Waals surface area contributed by atoms with E-state index < -0.39 is 8.80 Å². The second-order valence-corrected chi connectivity index (χ2v) is 9.94. The predicted octanol–water partition coefficient (Wildman–Crippen LogP) is 5.75. The van der Waals surface area contributed by atoms with Gasteiger partial charge in [0.15, 0.2) is 0 Å². The maximum absolute atomic E-state index is 12.9. The molecule has 0 atom stereocenters. The van der Waals surface area contributed by atoms with Gasteiger partial charge in [0, 0.05) is 24.4 Å². The SMILES string of the molecule is CC(C)O[Si](CCCCCc1ccc(F)cc1)(OC(C)C)OC(C)C. The summed E-state index contributed by atoms with van der Waals surface area (Å²) in [5, 5.41) is 0. The van der Waals surface area contributed by atoms with Gasteiger partial charge in [-0.2, -0.15) is 0 Å². The molecule has 5 heteroatoms. The van der Waals surface area contributed by atoms with Crippen molar-refractivity contribution in [2.45, 2.75) is 91.6 Å².